The number of rotatable bonds is 2. The van der Waals surface area contributed by atoms with Crippen molar-refractivity contribution in [2.45, 2.75) is 44.2 Å². The Bertz CT molecular complexity index is 517. The molecular formula is C15H22Cl2N2OS. The summed E-state index contributed by atoms with van der Waals surface area (Å²) < 4.78 is 0. The molecule has 0 aromatic heterocycles. The van der Waals surface area contributed by atoms with Gasteiger partial charge in [0.1, 0.15) is 0 Å². The van der Waals surface area contributed by atoms with Gasteiger partial charge >= 0.3 is 0 Å². The summed E-state index contributed by atoms with van der Waals surface area (Å²) in [7, 11) is 0. The molecule has 1 amide bonds. The minimum absolute atomic E-state index is 0. The second-order valence-electron chi connectivity index (χ2n) is 6.22. The Hall–Kier alpha value is -0.420. The molecule has 6 heteroatoms. The first-order valence-corrected chi connectivity index (χ1v) is 8.13. The van der Waals surface area contributed by atoms with E-state index in [1.54, 1.807) is 11.8 Å². The average Bonchev–Trinajstić information content (AvgIpc) is 2.37. The summed E-state index contributed by atoms with van der Waals surface area (Å²) in [4.78, 5) is 13.5. The standard InChI is InChI=1S/C15H21ClN2OS.ClH/c1-15(2,3)13(17)14(19)18-11-6-7-20-12-5-4-9(16)8-10(11)12;/h4-5,8,11,13H,6-7,17H2,1-3H3,(H,18,19);1H/t11?,13-;/m1./s1. The molecule has 0 aliphatic carbocycles. The molecule has 118 valence electrons. The van der Waals surface area contributed by atoms with Gasteiger partial charge in [0, 0.05) is 15.7 Å². The molecule has 0 bridgehead atoms. The number of thioether (sulfide) groups is 1. The Morgan fingerprint density at radius 3 is 2.76 bits per heavy atom. The Morgan fingerprint density at radius 1 is 1.48 bits per heavy atom. The van der Waals surface area contributed by atoms with E-state index in [2.05, 4.69) is 5.32 Å². The molecule has 0 saturated heterocycles. The molecule has 1 aliphatic heterocycles. The van der Waals surface area contributed by atoms with Gasteiger partial charge in [0.05, 0.1) is 12.1 Å². The molecule has 2 atom stereocenters. The SMILES string of the molecule is CC(C)(C)[C@H](N)C(=O)NC1CCSc2ccc(Cl)cc21.Cl. The van der Waals surface area contributed by atoms with Gasteiger partial charge in [0.15, 0.2) is 0 Å². The number of carbonyl (C=O) groups is 1. The van der Waals surface area contributed by atoms with Gasteiger partial charge in [-0.25, -0.2) is 0 Å². The average molecular weight is 349 g/mol. The summed E-state index contributed by atoms with van der Waals surface area (Å²) in [6, 6.07) is 5.34. The fourth-order valence-corrected chi connectivity index (χ4v) is 3.46. The molecule has 0 fully saturated rings. The van der Waals surface area contributed by atoms with E-state index in [0.29, 0.717) is 5.02 Å². The smallest absolute Gasteiger partial charge is 0.237 e. The molecule has 0 spiro atoms. The van der Waals surface area contributed by atoms with Crippen LogP contribution in [0.4, 0.5) is 0 Å². The third-order valence-electron chi connectivity index (χ3n) is 3.54. The number of halogens is 2. The van der Waals surface area contributed by atoms with E-state index in [0.717, 1.165) is 17.7 Å². The number of nitrogens with one attached hydrogen (secondary N) is 1. The first-order chi connectivity index (χ1) is 9.29. The Kier molecular flexibility index (Phi) is 6.41. The maximum Gasteiger partial charge on any atom is 0.237 e. The number of hydrogen-bond donors (Lipinski definition) is 2. The maximum atomic E-state index is 12.3. The van der Waals surface area contributed by atoms with E-state index >= 15 is 0 Å². The van der Waals surface area contributed by atoms with Gasteiger partial charge in [-0.1, -0.05) is 32.4 Å². The first kappa shape index (κ1) is 18.6. The number of fused-ring (bicyclic) bond motifs is 1. The van der Waals surface area contributed by atoms with E-state index in [1.165, 1.54) is 4.90 Å². The molecular weight excluding hydrogens is 327 g/mol. The zero-order valence-corrected chi connectivity index (χ0v) is 14.9. The van der Waals surface area contributed by atoms with Crippen LogP contribution >= 0.6 is 35.8 Å². The predicted octanol–water partition coefficient (Wildman–Crippen LogP) is 3.79. The van der Waals surface area contributed by atoms with Crippen LogP contribution in [0.2, 0.25) is 5.02 Å². The zero-order chi connectivity index (χ0) is 14.9. The van der Waals surface area contributed by atoms with Crippen molar-refractivity contribution in [3.8, 4) is 0 Å². The third kappa shape index (κ3) is 4.52. The highest BCUT2D eigenvalue weighted by Gasteiger charge is 2.30. The lowest BCUT2D eigenvalue weighted by Gasteiger charge is -2.31. The number of amides is 1. The molecule has 1 aliphatic rings. The lowest BCUT2D eigenvalue weighted by Crippen LogP contribution is -2.49. The van der Waals surface area contributed by atoms with E-state index in [1.807, 2.05) is 39.0 Å². The van der Waals surface area contributed by atoms with Gasteiger partial charge in [0.25, 0.3) is 0 Å². The highest BCUT2D eigenvalue weighted by atomic mass is 35.5. The third-order valence-corrected chi connectivity index (χ3v) is 4.90. The predicted molar refractivity (Wildman–Crippen MR) is 92.4 cm³/mol. The molecule has 21 heavy (non-hydrogen) atoms. The largest absolute Gasteiger partial charge is 0.348 e. The summed E-state index contributed by atoms with van der Waals surface area (Å²) in [6.45, 7) is 5.91. The molecule has 3 nitrogen and oxygen atoms in total. The molecule has 0 saturated carbocycles. The molecule has 1 heterocycles. The van der Waals surface area contributed by atoms with Crippen LogP contribution in [-0.2, 0) is 4.79 Å². The minimum atomic E-state index is -0.514. The van der Waals surface area contributed by atoms with E-state index < -0.39 is 6.04 Å². The summed E-state index contributed by atoms with van der Waals surface area (Å²) in [6.07, 6.45) is 0.903. The Morgan fingerprint density at radius 2 is 2.14 bits per heavy atom. The van der Waals surface area contributed by atoms with Crippen molar-refractivity contribution in [1.29, 1.82) is 0 Å². The number of nitrogens with two attached hydrogens (primary N) is 1. The number of hydrogen-bond acceptors (Lipinski definition) is 3. The second-order valence-corrected chi connectivity index (χ2v) is 7.80. The Labute approximate surface area is 141 Å². The molecule has 1 aromatic rings. The van der Waals surface area contributed by atoms with Crippen molar-refractivity contribution in [2.24, 2.45) is 11.1 Å². The van der Waals surface area contributed by atoms with Crippen molar-refractivity contribution < 1.29 is 4.79 Å². The molecule has 2 rings (SSSR count). The topological polar surface area (TPSA) is 55.1 Å². The lowest BCUT2D eigenvalue weighted by molar-refractivity contribution is -0.125. The monoisotopic (exact) mass is 348 g/mol. The van der Waals surface area contributed by atoms with E-state index in [-0.39, 0.29) is 29.8 Å². The van der Waals surface area contributed by atoms with Crippen molar-refractivity contribution >= 4 is 41.7 Å². The van der Waals surface area contributed by atoms with Crippen LogP contribution in [0.3, 0.4) is 0 Å². The highest BCUT2D eigenvalue weighted by Crippen LogP contribution is 2.37. The van der Waals surface area contributed by atoms with Crippen molar-refractivity contribution in [3.05, 3.63) is 28.8 Å². The van der Waals surface area contributed by atoms with Gasteiger partial charge in [-0.3, -0.25) is 4.79 Å². The minimum Gasteiger partial charge on any atom is -0.348 e. The van der Waals surface area contributed by atoms with E-state index in [4.69, 9.17) is 17.3 Å². The summed E-state index contributed by atoms with van der Waals surface area (Å²) in [5.41, 5.74) is 6.87. The van der Waals surface area contributed by atoms with Crippen molar-refractivity contribution in [1.82, 2.24) is 5.32 Å². The summed E-state index contributed by atoms with van der Waals surface area (Å²) in [5, 5.41) is 3.77. The van der Waals surface area contributed by atoms with E-state index in [9.17, 15) is 4.79 Å². The number of carbonyl (C=O) groups excluding carboxylic acids is 1. The van der Waals surface area contributed by atoms with Crippen LogP contribution in [0, 0.1) is 5.41 Å². The van der Waals surface area contributed by atoms with Crippen LogP contribution < -0.4 is 11.1 Å². The van der Waals surface area contributed by atoms with Crippen molar-refractivity contribution in [2.75, 3.05) is 5.75 Å². The van der Waals surface area contributed by atoms with Crippen LogP contribution in [-0.4, -0.2) is 17.7 Å². The fraction of sp³-hybridized carbons (Fsp3) is 0.533. The van der Waals surface area contributed by atoms with Gasteiger partial charge in [-0.2, -0.15) is 0 Å². The van der Waals surface area contributed by atoms with Gasteiger partial charge < -0.3 is 11.1 Å². The van der Waals surface area contributed by atoms with Crippen LogP contribution in [0.1, 0.15) is 38.8 Å². The maximum absolute atomic E-state index is 12.3. The molecule has 1 aromatic carbocycles. The first-order valence-electron chi connectivity index (χ1n) is 6.77. The van der Waals surface area contributed by atoms with Crippen molar-refractivity contribution in [3.63, 3.8) is 0 Å². The normalized spacial score (nSPS) is 19.2. The number of benzene rings is 1. The van der Waals surface area contributed by atoms with Crippen LogP contribution in [0.5, 0.6) is 0 Å². The Balaban J connectivity index is 0.00000220. The van der Waals surface area contributed by atoms with Gasteiger partial charge in [-0.15, -0.1) is 24.2 Å². The lowest BCUT2D eigenvalue weighted by atomic mass is 9.86. The van der Waals surface area contributed by atoms with Crippen LogP contribution in [0.15, 0.2) is 23.1 Å². The molecule has 3 N–H and O–H groups in total. The van der Waals surface area contributed by atoms with Crippen LogP contribution in [0.25, 0.3) is 0 Å². The second kappa shape index (κ2) is 7.23. The van der Waals surface area contributed by atoms with Gasteiger partial charge in [0.2, 0.25) is 5.91 Å². The van der Waals surface area contributed by atoms with Gasteiger partial charge in [-0.05, 0) is 35.6 Å². The quantitative estimate of drug-likeness (QED) is 0.854. The zero-order valence-electron chi connectivity index (χ0n) is 12.5. The highest BCUT2D eigenvalue weighted by molar-refractivity contribution is 7.99. The fourth-order valence-electron chi connectivity index (χ4n) is 2.17. The molecule has 1 unspecified atom stereocenters. The molecule has 0 radical (unpaired) electrons. The summed E-state index contributed by atoms with van der Waals surface area (Å²) in [5.74, 6) is 0.893. The summed E-state index contributed by atoms with van der Waals surface area (Å²) >= 11 is 7.87.